The Kier molecular flexibility index (Phi) is 10.4. The van der Waals surface area contributed by atoms with Gasteiger partial charge >= 0.3 is 29.8 Å². The minimum absolute atomic E-state index is 0.0200. The number of carbonyl (C=O) groups excluding carboxylic acids is 6. The highest BCUT2D eigenvalue weighted by molar-refractivity contribution is 8.01. The third-order valence-corrected chi connectivity index (χ3v) is 14.9. The summed E-state index contributed by atoms with van der Waals surface area (Å²) in [4.78, 5) is 103. The number of nitrogens with one attached hydrogen (secondary N) is 2. The Balaban J connectivity index is 0.000000223. The SMILES string of the molecule is CCN1CCN(C(=O)NC(C(=O)N[C@@H]2C(=O)N3[C@@H]2SC(C)(C)[C@H]3C(=O)O)c2ccccc2)C(=O)C1=O.C[C@]1(Cn2ccnn2)[C@H](C(=O)O)N2C(=O)C[C@H]2S1(=O)=O. The van der Waals surface area contributed by atoms with Crippen LogP contribution in [0.3, 0.4) is 0 Å². The molecule has 0 bridgehead atoms. The summed E-state index contributed by atoms with van der Waals surface area (Å²) in [5.41, 5.74) is 0.403. The van der Waals surface area contributed by atoms with Gasteiger partial charge in [-0.05, 0) is 33.3 Å². The van der Waals surface area contributed by atoms with Gasteiger partial charge in [0.1, 0.15) is 33.6 Å². The zero-order valence-electron chi connectivity index (χ0n) is 30.5. The van der Waals surface area contributed by atoms with E-state index in [0.29, 0.717) is 12.1 Å². The largest absolute Gasteiger partial charge is 0.480 e. The van der Waals surface area contributed by atoms with Gasteiger partial charge in [-0.3, -0.25) is 33.6 Å². The number of hydrogen-bond donors (Lipinski definition) is 4. The number of hydrogen-bond acceptors (Lipinski definition) is 13. The molecule has 1 aromatic carbocycles. The summed E-state index contributed by atoms with van der Waals surface area (Å²) in [6, 6.07) is 2.71. The van der Waals surface area contributed by atoms with Crippen molar-refractivity contribution in [3.63, 3.8) is 0 Å². The molecule has 7 amide bonds. The first-order valence-corrected chi connectivity index (χ1v) is 19.8. The number of benzene rings is 1. The van der Waals surface area contributed by atoms with Gasteiger partial charge in [0.05, 0.1) is 19.2 Å². The summed E-state index contributed by atoms with van der Waals surface area (Å²) >= 11 is 1.28. The van der Waals surface area contributed by atoms with Gasteiger partial charge in [0.15, 0.2) is 15.9 Å². The number of amides is 7. The molecule has 1 aromatic heterocycles. The number of nitrogens with zero attached hydrogens (tertiary/aromatic N) is 7. The zero-order valence-corrected chi connectivity index (χ0v) is 32.1. The molecule has 7 rings (SSSR count). The van der Waals surface area contributed by atoms with E-state index in [9.17, 15) is 57.0 Å². The van der Waals surface area contributed by atoms with E-state index in [0.717, 1.165) is 9.80 Å². The predicted octanol–water partition coefficient (Wildman–Crippen LogP) is -1.76. The molecule has 6 heterocycles. The number of β-lactam (4-membered cyclic amide) rings is 2. The van der Waals surface area contributed by atoms with E-state index >= 15 is 0 Å². The number of carboxylic acids is 2. The summed E-state index contributed by atoms with van der Waals surface area (Å²) < 4.78 is 24.0. The first-order valence-electron chi connectivity index (χ1n) is 17.4. The van der Waals surface area contributed by atoms with Crippen LogP contribution in [0.15, 0.2) is 42.7 Å². The van der Waals surface area contributed by atoms with Crippen LogP contribution in [0.25, 0.3) is 0 Å². The van der Waals surface area contributed by atoms with Gasteiger partial charge in [0, 0.05) is 30.6 Å². The van der Waals surface area contributed by atoms with E-state index in [1.165, 1.54) is 45.6 Å². The number of sulfone groups is 1. The Labute approximate surface area is 323 Å². The van der Waals surface area contributed by atoms with Crippen LogP contribution in [0.4, 0.5) is 4.79 Å². The van der Waals surface area contributed by atoms with E-state index in [-0.39, 0.29) is 26.1 Å². The van der Waals surface area contributed by atoms with E-state index in [4.69, 9.17) is 0 Å². The van der Waals surface area contributed by atoms with Gasteiger partial charge in [-0.1, -0.05) is 35.5 Å². The van der Waals surface area contributed by atoms with Crippen molar-refractivity contribution in [2.45, 2.75) is 85.1 Å². The standard InChI is InChI=1S/C23H27N5O7S.C10H12N4O5S/c1-4-26-10-11-27(19(32)18(26)31)22(35)25-13(12-8-6-5-7-9-12)16(29)24-14-17(30)28-15(21(33)34)23(2,3)36-20(14)28;1-10(5-13-3-2-11-12-13)8(9(16)17)14-6(15)4-7(14)20(10,18)19/h5-9,13-15,20H,4,10-11H2,1-3H3,(H,24,29)(H,25,35)(H,33,34);2-3,7-8H,4-5H2,1H3,(H,16,17)/t13?,14-,15-,20-;7-,8+,10+/m11/s1. The molecular formula is C33H39N9O12S2. The van der Waals surface area contributed by atoms with E-state index in [1.807, 2.05) is 0 Å². The van der Waals surface area contributed by atoms with Crippen molar-refractivity contribution >= 4 is 69.1 Å². The molecule has 5 aliphatic rings. The van der Waals surface area contributed by atoms with Crippen molar-refractivity contribution in [3.8, 4) is 0 Å². The maximum Gasteiger partial charge on any atom is 0.328 e. The number of aliphatic carboxylic acids is 2. The Morgan fingerprint density at radius 1 is 0.964 bits per heavy atom. The van der Waals surface area contributed by atoms with Crippen molar-refractivity contribution < 1.29 is 57.0 Å². The summed E-state index contributed by atoms with van der Waals surface area (Å²) in [5, 5.41) is 29.7. The van der Waals surface area contributed by atoms with Crippen LogP contribution in [-0.2, 0) is 49.9 Å². The number of piperazine rings is 1. The van der Waals surface area contributed by atoms with Crippen LogP contribution in [0.5, 0.6) is 0 Å². The molecule has 2 aromatic rings. The molecule has 1 unspecified atom stereocenters. The first kappa shape index (κ1) is 40.1. The van der Waals surface area contributed by atoms with Gasteiger partial charge in [-0.2, -0.15) is 0 Å². The second-order valence-electron chi connectivity index (χ2n) is 14.4. The number of rotatable bonds is 9. The fourth-order valence-corrected chi connectivity index (χ4v) is 11.6. The topological polar surface area (TPSA) is 279 Å². The van der Waals surface area contributed by atoms with Gasteiger partial charge < -0.3 is 35.5 Å². The number of likely N-dealkylation sites (N-methyl/N-ethyl adjacent to an activating group) is 1. The fraction of sp³-hybridized carbons (Fsp3) is 0.515. The van der Waals surface area contributed by atoms with Crippen LogP contribution in [0.2, 0.25) is 0 Å². The number of aromatic nitrogens is 3. The smallest absolute Gasteiger partial charge is 0.328 e. The molecule has 5 saturated heterocycles. The number of carbonyl (C=O) groups is 8. The molecule has 56 heavy (non-hydrogen) atoms. The quantitative estimate of drug-likeness (QED) is 0.161. The van der Waals surface area contributed by atoms with Crippen LogP contribution >= 0.6 is 11.8 Å². The van der Waals surface area contributed by atoms with Gasteiger partial charge in [-0.15, -0.1) is 16.9 Å². The molecule has 0 saturated carbocycles. The normalized spacial score (nSPS) is 28.9. The number of thioether (sulfide) groups is 1. The Hall–Kier alpha value is -5.58. The van der Waals surface area contributed by atoms with Crippen molar-refractivity contribution in [2.24, 2.45) is 0 Å². The third kappa shape index (κ3) is 6.50. The number of fused-ring (bicyclic) bond motifs is 2. The maximum absolute atomic E-state index is 13.3. The zero-order chi connectivity index (χ0) is 41.1. The number of carboxylic acid groups (broad SMARTS) is 2. The fourth-order valence-electron chi connectivity index (χ4n) is 7.63. The third-order valence-electron chi connectivity index (χ3n) is 10.6. The maximum atomic E-state index is 13.3. The van der Waals surface area contributed by atoms with Crippen molar-refractivity contribution in [3.05, 3.63) is 48.3 Å². The molecule has 21 nitrogen and oxygen atoms in total. The Bertz CT molecular complexity index is 2100. The predicted molar refractivity (Wildman–Crippen MR) is 191 cm³/mol. The molecule has 23 heteroatoms. The van der Waals surface area contributed by atoms with Crippen molar-refractivity contribution in [1.29, 1.82) is 0 Å². The summed E-state index contributed by atoms with van der Waals surface area (Å²) in [6.45, 7) is 6.86. The van der Waals surface area contributed by atoms with Crippen molar-refractivity contribution in [1.82, 2.24) is 45.2 Å². The van der Waals surface area contributed by atoms with Gasteiger partial charge in [0.2, 0.25) is 17.7 Å². The molecule has 4 N–H and O–H groups in total. The van der Waals surface area contributed by atoms with Crippen LogP contribution in [0.1, 0.15) is 45.7 Å². The van der Waals surface area contributed by atoms with Gasteiger partial charge in [0.25, 0.3) is 0 Å². The van der Waals surface area contributed by atoms with E-state index in [2.05, 4.69) is 20.9 Å². The number of urea groups is 1. The monoisotopic (exact) mass is 817 g/mol. The second-order valence-corrected chi connectivity index (χ2v) is 18.7. The Morgan fingerprint density at radius 2 is 1.62 bits per heavy atom. The average molecular weight is 818 g/mol. The average Bonchev–Trinajstić information content (AvgIpc) is 3.78. The molecule has 5 aliphatic heterocycles. The number of imide groups is 1. The van der Waals surface area contributed by atoms with Crippen LogP contribution in [0, 0.1) is 0 Å². The highest BCUT2D eigenvalue weighted by atomic mass is 32.2. The highest BCUT2D eigenvalue weighted by Gasteiger charge is 2.70. The Morgan fingerprint density at radius 3 is 2.20 bits per heavy atom. The van der Waals surface area contributed by atoms with Crippen LogP contribution in [-0.4, -0.2) is 159 Å². The first-order chi connectivity index (χ1) is 26.3. The lowest BCUT2D eigenvalue weighted by Crippen LogP contribution is -2.71. The molecule has 0 radical (unpaired) electrons. The molecular weight excluding hydrogens is 779 g/mol. The van der Waals surface area contributed by atoms with Crippen molar-refractivity contribution in [2.75, 3.05) is 19.6 Å². The molecule has 0 aliphatic carbocycles. The summed E-state index contributed by atoms with van der Waals surface area (Å²) in [5.74, 6) is -5.90. The van der Waals surface area contributed by atoms with Crippen LogP contribution < -0.4 is 10.6 Å². The lowest BCUT2D eigenvalue weighted by molar-refractivity contribution is -0.161. The lowest BCUT2D eigenvalue weighted by atomic mass is 9.95. The van der Waals surface area contributed by atoms with E-state index < -0.39 is 102 Å². The minimum atomic E-state index is -3.80. The molecule has 0 spiro atoms. The lowest BCUT2D eigenvalue weighted by Gasteiger charge is -2.44. The van der Waals surface area contributed by atoms with E-state index in [1.54, 1.807) is 51.1 Å². The molecule has 300 valence electrons. The summed E-state index contributed by atoms with van der Waals surface area (Å²) in [6.07, 6.45) is 2.68. The molecule has 7 atom stereocenters. The highest BCUT2D eigenvalue weighted by Crippen LogP contribution is 2.51. The van der Waals surface area contributed by atoms with Gasteiger partial charge in [-0.25, -0.2) is 22.8 Å². The minimum Gasteiger partial charge on any atom is -0.480 e. The molecule has 5 fully saturated rings. The summed E-state index contributed by atoms with van der Waals surface area (Å²) in [7, 11) is -3.80. The second kappa shape index (κ2) is 14.5.